The number of esters is 3. The van der Waals surface area contributed by atoms with Gasteiger partial charge in [0.15, 0.2) is 0 Å². The lowest BCUT2D eigenvalue weighted by atomic mass is 9.84. The molecule has 2 atom stereocenters. The summed E-state index contributed by atoms with van der Waals surface area (Å²) < 4.78 is 16.3. The number of nitrogens with zero attached hydrogens (tertiary/aromatic N) is 3. The van der Waals surface area contributed by atoms with E-state index in [1.54, 1.807) is 20.8 Å². The second kappa shape index (κ2) is 15.2. The van der Waals surface area contributed by atoms with E-state index in [-0.39, 0.29) is 56.0 Å². The van der Waals surface area contributed by atoms with Gasteiger partial charge < -0.3 is 24.6 Å². The maximum atomic E-state index is 13.7. The molecule has 0 saturated carbocycles. The molecule has 5 rings (SSSR count). The Morgan fingerprint density at radius 2 is 1.48 bits per heavy atom. The van der Waals surface area contributed by atoms with Crippen molar-refractivity contribution in [2.45, 2.75) is 81.1 Å². The van der Waals surface area contributed by atoms with Crippen LogP contribution < -0.4 is 5.32 Å². The summed E-state index contributed by atoms with van der Waals surface area (Å²) in [6, 6.07) is 0. The maximum absolute atomic E-state index is 13.7. The molecule has 8 bridgehead atoms. The van der Waals surface area contributed by atoms with E-state index in [1.165, 1.54) is 0 Å². The van der Waals surface area contributed by atoms with Crippen LogP contribution >= 0.6 is 0 Å². The lowest BCUT2D eigenvalue weighted by Crippen LogP contribution is -2.24. The van der Waals surface area contributed by atoms with Crippen LogP contribution in [0.2, 0.25) is 0 Å². The lowest BCUT2D eigenvalue weighted by molar-refractivity contribution is -0.144. The molecule has 5 heterocycles. The minimum Gasteiger partial charge on any atom is -0.515 e. The van der Waals surface area contributed by atoms with Crippen molar-refractivity contribution in [3.8, 4) is 0 Å². The van der Waals surface area contributed by atoms with Gasteiger partial charge >= 0.3 is 17.9 Å². The zero-order chi connectivity index (χ0) is 36.3. The Hall–Kier alpha value is -5.06. The number of aliphatic hydroxyl groups excluding tert-OH is 1. The second-order valence-electron chi connectivity index (χ2n) is 12.6. The van der Waals surface area contributed by atoms with E-state index in [1.807, 2.05) is 45.9 Å². The standard InChI is InChI=1S/C39H46N4O7/c1-9-24-20(5)29-17-33-27(19-44)22(7)28(41-33)16-30-21(6)25(13-14-34(45)48-10-2)37(42-30)26(15-35(46)49-11-3)38-36(39(47)50-12-4)23(8)31(43-38)18-32(24)40-29/h16-19,21,25,42,44H,9-15H2,1-8H3/b27-19-,29-17?,30-16?,31-18?,37-26?/t21-,25-/m0/s1. The number of allylic oxidation sites excluding steroid dienone is 10. The Labute approximate surface area is 293 Å². The molecule has 2 N–H and O–H groups in total. The Morgan fingerprint density at radius 1 is 0.820 bits per heavy atom. The Balaban J connectivity index is 1.85. The van der Waals surface area contributed by atoms with Crippen LogP contribution in [-0.2, 0) is 28.6 Å². The van der Waals surface area contributed by atoms with E-state index in [0.29, 0.717) is 69.5 Å². The Kier molecular flexibility index (Phi) is 11.0. The van der Waals surface area contributed by atoms with E-state index >= 15 is 0 Å². The van der Waals surface area contributed by atoms with Gasteiger partial charge in [0.1, 0.15) is 0 Å². The summed E-state index contributed by atoms with van der Waals surface area (Å²) in [6.45, 7) is 15.7. The largest absolute Gasteiger partial charge is 0.515 e. The highest BCUT2D eigenvalue weighted by atomic mass is 16.5. The van der Waals surface area contributed by atoms with Gasteiger partial charge in [0.25, 0.3) is 0 Å². The molecular formula is C39H46N4O7. The normalized spacial score (nSPS) is 22.3. The molecule has 0 amide bonds. The van der Waals surface area contributed by atoms with Crippen molar-refractivity contribution < 1.29 is 33.7 Å². The molecule has 0 aromatic carbocycles. The third-order valence-electron chi connectivity index (χ3n) is 9.67. The third kappa shape index (κ3) is 6.86. The number of carbonyl (C=O) groups excluding carboxylic acids is 3. The molecule has 0 unspecified atom stereocenters. The first-order chi connectivity index (χ1) is 24.0. The molecule has 0 spiro atoms. The number of aliphatic hydroxyl groups is 1. The predicted molar refractivity (Wildman–Crippen MR) is 192 cm³/mol. The van der Waals surface area contributed by atoms with Gasteiger partial charge in [-0.05, 0) is 94.9 Å². The van der Waals surface area contributed by atoms with Crippen LogP contribution in [0.3, 0.4) is 0 Å². The molecule has 11 nitrogen and oxygen atoms in total. The van der Waals surface area contributed by atoms with E-state index in [0.717, 1.165) is 28.7 Å². The summed E-state index contributed by atoms with van der Waals surface area (Å²) in [6.07, 6.45) is 7.82. The number of aliphatic imine (C=N–C) groups is 3. The average molecular weight is 683 g/mol. The van der Waals surface area contributed by atoms with Crippen LogP contribution in [0.25, 0.3) is 0 Å². The van der Waals surface area contributed by atoms with Gasteiger partial charge in [-0.1, -0.05) is 13.8 Å². The minimum atomic E-state index is -0.551. The molecule has 50 heavy (non-hydrogen) atoms. The first-order valence-electron chi connectivity index (χ1n) is 17.4. The molecule has 5 aliphatic heterocycles. The fraction of sp³-hybridized carbons (Fsp3) is 0.436. The van der Waals surface area contributed by atoms with E-state index in [4.69, 9.17) is 29.2 Å². The van der Waals surface area contributed by atoms with Gasteiger partial charge in [-0.25, -0.2) is 19.8 Å². The van der Waals surface area contributed by atoms with Gasteiger partial charge in [0.2, 0.25) is 0 Å². The fourth-order valence-electron chi connectivity index (χ4n) is 6.99. The van der Waals surface area contributed by atoms with Crippen LogP contribution in [0.1, 0.15) is 81.1 Å². The van der Waals surface area contributed by atoms with Gasteiger partial charge in [0, 0.05) is 40.8 Å². The second-order valence-corrected chi connectivity index (χ2v) is 12.6. The molecule has 0 aromatic heterocycles. The Morgan fingerprint density at radius 3 is 2.14 bits per heavy atom. The molecular weight excluding hydrogens is 636 g/mol. The molecule has 0 aromatic rings. The van der Waals surface area contributed by atoms with Crippen LogP contribution in [0.4, 0.5) is 0 Å². The number of rotatable bonds is 10. The van der Waals surface area contributed by atoms with Crippen molar-refractivity contribution in [1.82, 2.24) is 5.32 Å². The number of hydrogen-bond donors (Lipinski definition) is 2. The summed E-state index contributed by atoms with van der Waals surface area (Å²) in [4.78, 5) is 54.7. The quantitative estimate of drug-likeness (QED) is 0.146. The van der Waals surface area contributed by atoms with E-state index in [9.17, 15) is 19.5 Å². The highest BCUT2D eigenvalue weighted by Crippen LogP contribution is 2.43. The van der Waals surface area contributed by atoms with E-state index < -0.39 is 11.9 Å². The fourth-order valence-corrected chi connectivity index (χ4v) is 6.99. The molecule has 0 radical (unpaired) electrons. The molecule has 5 aliphatic rings. The first-order valence-corrected chi connectivity index (χ1v) is 17.4. The number of nitrogens with one attached hydrogen (secondary N) is 1. The topological polar surface area (TPSA) is 148 Å². The molecule has 264 valence electrons. The van der Waals surface area contributed by atoms with Gasteiger partial charge in [-0.2, -0.15) is 0 Å². The summed E-state index contributed by atoms with van der Waals surface area (Å²) in [7, 11) is 0. The molecule has 11 heteroatoms. The van der Waals surface area contributed by atoms with Crippen LogP contribution in [0.5, 0.6) is 0 Å². The monoisotopic (exact) mass is 682 g/mol. The van der Waals surface area contributed by atoms with Gasteiger partial charge in [-0.3, -0.25) is 9.59 Å². The maximum Gasteiger partial charge on any atom is 0.340 e. The number of carbonyl (C=O) groups is 3. The predicted octanol–water partition coefficient (Wildman–Crippen LogP) is 6.74. The number of ether oxygens (including phenoxy) is 3. The van der Waals surface area contributed by atoms with Gasteiger partial charge in [0.05, 0.1) is 72.3 Å². The Bertz CT molecular complexity index is 1870. The number of fused-ring (bicyclic) bond motifs is 5. The summed E-state index contributed by atoms with van der Waals surface area (Å²) in [5.74, 6) is -1.81. The lowest BCUT2D eigenvalue weighted by Gasteiger charge is -2.20. The van der Waals surface area contributed by atoms with Crippen molar-refractivity contribution in [3.63, 3.8) is 0 Å². The van der Waals surface area contributed by atoms with Crippen LogP contribution in [0.15, 0.2) is 107 Å². The van der Waals surface area contributed by atoms with Crippen molar-refractivity contribution in [3.05, 3.63) is 92.0 Å². The molecule has 1 saturated heterocycles. The van der Waals surface area contributed by atoms with Crippen molar-refractivity contribution in [1.29, 1.82) is 0 Å². The van der Waals surface area contributed by atoms with Crippen molar-refractivity contribution in [2.24, 2.45) is 26.8 Å². The SMILES string of the molecule is CCOC(=O)CC[C@@H]1C2=C(CC(=O)OCC)C3=NC(=CC4=NC(=CC5=NC(=C(C)/C5=C/O)C=C(N2)[C@H]1C)C(C)=C4CC)C(C)=C3C(=O)OCC. The third-order valence-corrected chi connectivity index (χ3v) is 9.67. The zero-order valence-electron chi connectivity index (χ0n) is 30.2. The summed E-state index contributed by atoms with van der Waals surface area (Å²) >= 11 is 0. The van der Waals surface area contributed by atoms with Crippen LogP contribution in [-0.4, -0.2) is 60.0 Å². The molecule has 0 aliphatic carbocycles. The summed E-state index contributed by atoms with van der Waals surface area (Å²) in [5, 5.41) is 13.9. The highest BCUT2D eigenvalue weighted by molar-refractivity contribution is 6.31. The first kappa shape index (κ1) is 36.2. The van der Waals surface area contributed by atoms with Crippen LogP contribution in [0, 0.1) is 11.8 Å². The average Bonchev–Trinajstić information content (AvgIpc) is 3.76. The highest BCUT2D eigenvalue weighted by Gasteiger charge is 2.40. The number of hydrogen-bond acceptors (Lipinski definition) is 11. The van der Waals surface area contributed by atoms with Gasteiger partial charge in [-0.15, -0.1) is 0 Å². The zero-order valence-corrected chi connectivity index (χ0v) is 30.2. The smallest absolute Gasteiger partial charge is 0.340 e. The molecule has 1 fully saturated rings. The van der Waals surface area contributed by atoms with E-state index in [2.05, 4.69) is 12.2 Å². The van der Waals surface area contributed by atoms with Crippen molar-refractivity contribution in [2.75, 3.05) is 19.8 Å². The van der Waals surface area contributed by atoms with Crippen molar-refractivity contribution >= 4 is 35.0 Å². The minimum absolute atomic E-state index is 0.144. The summed E-state index contributed by atoms with van der Waals surface area (Å²) in [5.41, 5.74) is 9.65.